The summed E-state index contributed by atoms with van der Waals surface area (Å²) in [6, 6.07) is 6.45. The first-order valence-electron chi connectivity index (χ1n) is 9.59. The average molecular weight is 364 g/mol. The lowest BCUT2D eigenvalue weighted by molar-refractivity contribution is -0.245. The summed E-state index contributed by atoms with van der Waals surface area (Å²) >= 11 is 0. The van der Waals surface area contributed by atoms with Crippen LogP contribution < -0.4 is 10.5 Å². The third-order valence-electron chi connectivity index (χ3n) is 5.84. The number of hydrogen-bond donors (Lipinski definition) is 3. The van der Waals surface area contributed by atoms with Gasteiger partial charge < -0.3 is 20.8 Å². The Morgan fingerprint density at radius 1 is 1.31 bits per heavy atom. The van der Waals surface area contributed by atoms with Crippen LogP contribution in [0.25, 0.3) is 0 Å². The number of aliphatic carboxylic acids is 1. The highest BCUT2D eigenvalue weighted by molar-refractivity contribution is 5.73. The Hall–Kier alpha value is -1.63. The van der Waals surface area contributed by atoms with Crippen molar-refractivity contribution in [3.8, 4) is 5.75 Å². The van der Waals surface area contributed by atoms with Gasteiger partial charge in [-0.15, -0.1) is 0 Å². The van der Waals surface area contributed by atoms with Crippen molar-refractivity contribution in [2.75, 3.05) is 0 Å². The number of ether oxygens (including phenoxy) is 1. The summed E-state index contributed by atoms with van der Waals surface area (Å²) in [7, 11) is 0. The summed E-state index contributed by atoms with van der Waals surface area (Å²) < 4.78 is 6.17. The number of nitrogens with zero attached hydrogens (tertiary/aromatic N) is 1. The van der Waals surface area contributed by atoms with Gasteiger partial charge in [-0.2, -0.15) is 5.06 Å². The van der Waals surface area contributed by atoms with Crippen LogP contribution in [0.15, 0.2) is 24.3 Å². The second-order valence-corrected chi connectivity index (χ2v) is 7.24. The Morgan fingerprint density at radius 2 is 1.92 bits per heavy atom. The van der Waals surface area contributed by atoms with E-state index in [2.05, 4.69) is 20.8 Å². The maximum absolute atomic E-state index is 10.9. The third kappa shape index (κ3) is 4.37. The van der Waals surface area contributed by atoms with Crippen LogP contribution in [0.2, 0.25) is 0 Å². The number of carbonyl (C=O) groups is 1. The summed E-state index contributed by atoms with van der Waals surface area (Å²) in [4.78, 5) is 10.9. The van der Waals surface area contributed by atoms with Gasteiger partial charge in [-0.1, -0.05) is 32.9 Å². The Labute approximate surface area is 155 Å². The number of rotatable bonds is 8. The van der Waals surface area contributed by atoms with Gasteiger partial charge in [-0.05, 0) is 56.2 Å². The molecule has 0 radical (unpaired) electrons. The van der Waals surface area contributed by atoms with E-state index in [1.54, 1.807) is 5.06 Å². The van der Waals surface area contributed by atoms with Crippen molar-refractivity contribution in [3.63, 3.8) is 0 Å². The molecule has 1 aliphatic heterocycles. The predicted molar refractivity (Wildman–Crippen MR) is 100 cm³/mol. The van der Waals surface area contributed by atoms with Crippen LogP contribution in [0, 0.1) is 0 Å². The van der Waals surface area contributed by atoms with E-state index in [0.717, 1.165) is 43.4 Å². The van der Waals surface area contributed by atoms with Gasteiger partial charge >= 0.3 is 5.97 Å². The molecule has 1 aliphatic rings. The van der Waals surface area contributed by atoms with Crippen LogP contribution in [0.1, 0.15) is 58.4 Å². The van der Waals surface area contributed by atoms with E-state index in [1.165, 1.54) is 0 Å². The Morgan fingerprint density at radius 3 is 2.42 bits per heavy atom. The van der Waals surface area contributed by atoms with Crippen LogP contribution in [0.4, 0.5) is 0 Å². The molecule has 2 rings (SSSR count). The first kappa shape index (κ1) is 20.7. The van der Waals surface area contributed by atoms with Gasteiger partial charge in [0.15, 0.2) is 0 Å². The van der Waals surface area contributed by atoms with Crippen molar-refractivity contribution >= 4 is 5.97 Å². The van der Waals surface area contributed by atoms with E-state index in [1.807, 2.05) is 24.3 Å². The van der Waals surface area contributed by atoms with Crippen LogP contribution in [-0.2, 0) is 11.2 Å². The zero-order chi connectivity index (χ0) is 19.3. The van der Waals surface area contributed by atoms with E-state index in [0.29, 0.717) is 0 Å². The molecule has 146 valence electrons. The average Bonchev–Trinajstić information content (AvgIpc) is 2.64. The zero-order valence-corrected chi connectivity index (χ0v) is 16.0. The molecule has 2 unspecified atom stereocenters. The fraction of sp³-hybridized carbons (Fsp3) is 0.650. The Balaban J connectivity index is 2.05. The Kier molecular flexibility index (Phi) is 7.03. The van der Waals surface area contributed by atoms with Gasteiger partial charge in [0, 0.05) is 5.54 Å². The van der Waals surface area contributed by atoms with Crippen molar-refractivity contribution in [1.29, 1.82) is 0 Å². The van der Waals surface area contributed by atoms with Crippen molar-refractivity contribution in [2.45, 2.75) is 83.0 Å². The number of benzene rings is 1. The van der Waals surface area contributed by atoms with E-state index >= 15 is 0 Å². The molecule has 0 amide bonds. The van der Waals surface area contributed by atoms with E-state index in [-0.39, 0.29) is 24.1 Å². The number of hydroxylamine groups is 2. The topological polar surface area (TPSA) is 96.0 Å². The molecular formula is C20H32N2O4. The van der Waals surface area contributed by atoms with Gasteiger partial charge in [-0.25, -0.2) is 0 Å². The SMILES string of the molecule is CCC1C(Oc2ccc(C[C@H](N)C(=O)O)cc2)CCC(CC)(CC)N1O. The Bertz CT molecular complexity index is 586. The molecule has 0 aromatic heterocycles. The first-order chi connectivity index (χ1) is 12.4. The van der Waals surface area contributed by atoms with Crippen molar-refractivity contribution in [2.24, 2.45) is 5.73 Å². The van der Waals surface area contributed by atoms with Crippen molar-refractivity contribution < 1.29 is 19.8 Å². The maximum Gasteiger partial charge on any atom is 0.320 e. The third-order valence-corrected chi connectivity index (χ3v) is 5.84. The summed E-state index contributed by atoms with van der Waals surface area (Å²) in [6.07, 6.45) is 4.68. The molecule has 1 aromatic carbocycles. The molecule has 0 spiro atoms. The fourth-order valence-corrected chi connectivity index (χ4v) is 3.95. The molecular weight excluding hydrogens is 332 g/mol. The van der Waals surface area contributed by atoms with Crippen molar-refractivity contribution in [1.82, 2.24) is 5.06 Å². The normalized spacial score (nSPS) is 24.2. The van der Waals surface area contributed by atoms with Crippen LogP contribution >= 0.6 is 0 Å². The molecule has 1 aromatic rings. The quantitative estimate of drug-likeness (QED) is 0.655. The van der Waals surface area contributed by atoms with E-state index in [9.17, 15) is 10.0 Å². The highest BCUT2D eigenvalue weighted by atomic mass is 16.5. The van der Waals surface area contributed by atoms with Crippen LogP contribution in [0.3, 0.4) is 0 Å². The monoisotopic (exact) mass is 364 g/mol. The number of hydrogen-bond acceptors (Lipinski definition) is 5. The zero-order valence-electron chi connectivity index (χ0n) is 16.0. The molecule has 1 heterocycles. The number of nitrogens with two attached hydrogens (primary N) is 1. The van der Waals surface area contributed by atoms with Gasteiger partial charge in [0.1, 0.15) is 17.9 Å². The van der Waals surface area contributed by atoms with Gasteiger partial charge in [-0.3, -0.25) is 4.79 Å². The van der Waals surface area contributed by atoms with E-state index < -0.39 is 12.0 Å². The molecule has 26 heavy (non-hydrogen) atoms. The van der Waals surface area contributed by atoms with Crippen LogP contribution in [0.5, 0.6) is 5.75 Å². The summed E-state index contributed by atoms with van der Waals surface area (Å²) in [6.45, 7) is 6.32. The molecule has 3 atom stereocenters. The maximum atomic E-state index is 10.9. The van der Waals surface area contributed by atoms with Crippen LogP contribution in [-0.4, -0.2) is 45.1 Å². The van der Waals surface area contributed by atoms with Gasteiger partial charge in [0.05, 0.1) is 6.04 Å². The van der Waals surface area contributed by atoms with Gasteiger partial charge in [0.25, 0.3) is 0 Å². The summed E-state index contributed by atoms with van der Waals surface area (Å²) in [5.41, 5.74) is 6.28. The number of carboxylic acid groups (broad SMARTS) is 1. The minimum absolute atomic E-state index is 0.0382. The molecule has 1 saturated heterocycles. The lowest BCUT2D eigenvalue weighted by Crippen LogP contribution is -2.60. The lowest BCUT2D eigenvalue weighted by Gasteiger charge is -2.50. The second kappa shape index (κ2) is 8.84. The molecule has 4 N–H and O–H groups in total. The lowest BCUT2D eigenvalue weighted by atomic mass is 9.79. The molecule has 0 saturated carbocycles. The molecule has 0 bridgehead atoms. The summed E-state index contributed by atoms with van der Waals surface area (Å²) in [5, 5.41) is 21.3. The summed E-state index contributed by atoms with van der Waals surface area (Å²) in [5.74, 6) is -0.272. The smallest absolute Gasteiger partial charge is 0.320 e. The van der Waals surface area contributed by atoms with Gasteiger partial charge in [0.2, 0.25) is 0 Å². The largest absolute Gasteiger partial charge is 0.489 e. The highest BCUT2D eigenvalue weighted by Gasteiger charge is 2.45. The fourth-order valence-electron chi connectivity index (χ4n) is 3.95. The minimum atomic E-state index is -1.00. The second-order valence-electron chi connectivity index (χ2n) is 7.24. The van der Waals surface area contributed by atoms with E-state index in [4.69, 9.17) is 15.6 Å². The van der Waals surface area contributed by atoms with Crippen molar-refractivity contribution in [3.05, 3.63) is 29.8 Å². The number of piperidine rings is 1. The molecule has 1 fully saturated rings. The standard InChI is InChI=1S/C20H32N2O4/c1-4-17-18(11-12-20(5-2,6-3)22(17)25)26-15-9-7-14(8-10-15)13-16(21)19(23)24/h7-10,16-18,25H,4-6,11-13,21H2,1-3H3,(H,23,24)/t16-,17?,18?/m0/s1. The number of carboxylic acids is 1. The molecule has 6 nitrogen and oxygen atoms in total. The minimum Gasteiger partial charge on any atom is -0.489 e. The predicted octanol–water partition coefficient (Wildman–Crippen LogP) is 3.21. The molecule has 0 aliphatic carbocycles. The first-order valence-corrected chi connectivity index (χ1v) is 9.59. The highest BCUT2D eigenvalue weighted by Crippen LogP contribution is 2.38. The molecule has 6 heteroatoms.